The number of Topliss-reactive ketones (excluding diaryl/α,β-unsaturated/α-hetero) is 1. The maximum absolute atomic E-state index is 13.5. The van der Waals surface area contributed by atoms with Crippen LogP contribution in [0, 0.1) is 6.92 Å². The number of para-hydroxylation sites is 1. The number of anilines is 1. The number of aryl methyl sites for hydroxylation is 1. The van der Waals surface area contributed by atoms with Gasteiger partial charge in [-0.1, -0.05) is 35.9 Å². The highest BCUT2D eigenvalue weighted by Crippen LogP contribution is 2.46. The van der Waals surface area contributed by atoms with Crippen molar-refractivity contribution in [3.63, 3.8) is 0 Å². The van der Waals surface area contributed by atoms with Crippen molar-refractivity contribution in [3.05, 3.63) is 94.1 Å². The molecule has 1 aliphatic rings. The number of ketones is 1. The lowest BCUT2D eigenvalue weighted by atomic mass is 9.94. The minimum absolute atomic E-state index is 0.0620. The Kier molecular flexibility index (Phi) is 5.94. The molecule has 2 N–H and O–H groups in total. The molecule has 0 bridgehead atoms. The number of aliphatic hydroxyl groups is 1. The SMILES string of the molecule is COc1ccc(OC)c(/C(O)=C2\C(=O)C(=O)N(c3ccc(C)c(Cl)c3)C2c2c[nH]c3ccccc23)c1. The molecule has 0 saturated carbocycles. The molecule has 1 unspecified atom stereocenters. The smallest absolute Gasteiger partial charge is 0.300 e. The van der Waals surface area contributed by atoms with Crippen LogP contribution in [0.3, 0.4) is 0 Å². The largest absolute Gasteiger partial charge is 0.507 e. The van der Waals surface area contributed by atoms with Gasteiger partial charge in [0.1, 0.15) is 17.3 Å². The van der Waals surface area contributed by atoms with Crippen LogP contribution in [0.5, 0.6) is 11.5 Å². The number of nitrogens with one attached hydrogen (secondary N) is 1. The molecular weight excluding hydrogens is 480 g/mol. The number of H-pyrrole nitrogens is 1. The molecule has 1 aliphatic heterocycles. The third-order valence-electron chi connectivity index (χ3n) is 6.46. The number of fused-ring (bicyclic) bond motifs is 1. The van der Waals surface area contributed by atoms with Crippen LogP contribution >= 0.6 is 11.6 Å². The Balaban J connectivity index is 1.81. The van der Waals surface area contributed by atoms with Crippen LogP contribution in [0.15, 0.2) is 72.4 Å². The third-order valence-corrected chi connectivity index (χ3v) is 6.86. The third kappa shape index (κ3) is 3.69. The summed E-state index contributed by atoms with van der Waals surface area (Å²) in [5.74, 6) is -1.16. The summed E-state index contributed by atoms with van der Waals surface area (Å²) in [6, 6.07) is 16.7. The van der Waals surface area contributed by atoms with E-state index in [1.54, 1.807) is 42.6 Å². The minimum atomic E-state index is -0.921. The molecule has 0 spiro atoms. The quantitative estimate of drug-likeness (QED) is 0.205. The highest BCUT2D eigenvalue weighted by atomic mass is 35.5. The molecule has 5 rings (SSSR count). The highest BCUT2D eigenvalue weighted by molar-refractivity contribution is 6.52. The lowest BCUT2D eigenvalue weighted by Gasteiger charge is -2.25. The van der Waals surface area contributed by atoms with E-state index in [9.17, 15) is 14.7 Å². The van der Waals surface area contributed by atoms with Crippen molar-refractivity contribution in [3.8, 4) is 11.5 Å². The van der Waals surface area contributed by atoms with Gasteiger partial charge in [-0.05, 0) is 48.9 Å². The summed E-state index contributed by atoms with van der Waals surface area (Å²) in [5.41, 5.74) is 2.94. The Labute approximate surface area is 212 Å². The number of hydrogen-bond donors (Lipinski definition) is 2. The standard InChI is InChI=1S/C28H23ClN2O5/c1-15-8-9-16(12-21(15)29)31-25(20-14-30-22-7-5-4-6-18(20)22)24(27(33)28(31)34)26(32)19-13-17(35-2)10-11-23(19)36-3/h4-14,25,30,32H,1-3H3/b26-24+. The van der Waals surface area contributed by atoms with Gasteiger partial charge in [-0.3, -0.25) is 14.5 Å². The summed E-state index contributed by atoms with van der Waals surface area (Å²) < 4.78 is 10.8. The number of hydrogen-bond acceptors (Lipinski definition) is 5. The van der Waals surface area contributed by atoms with Crippen LogP contribution in [-0.2, 0) is 9.59 Å². The number of nitrogens with zero attached hydrogens (tertiary/aromatic N) is 1. The number of aromatic amines is 1. The molecule has 2 heterocycles. The summed E-state index contributed by atoms with van der Waals surface area (Å²) in [6.07, 6.45) is 1.75. The van der Waals surface area contributed by atoms with Gasteiger partial charge in [0.25, 0.3) is 11.7 Å². The predicted molar refractivity (Wildman–Crippen MR) is 139 cm³/mol. The number of aromatic nitrogens is 1. The van der Waals surface area contributed by atoms with E-state index in [0.717, 1.165) is 16.5 Å². The molecule has 1 saturated heterocycles. The van der Waals surface area contributed by atoms with E-state index in [0.29, 0.717) is 27.8 Å². The van der Waals surface area contributed by atoms with Crippen LogP contribution in [0.1, 0.15) is 22.7 Å². The fourth-order valence-electron chi connectivity index (χ4n) is 4.59. The number of benzene rings is 3. The first kappa shape index (κ1) is 23.5. The van der Waals surface area contributed by atoms with E-state index in [1.165, 1.54) is 19.1 Å². The monoisotopic (exact) mass is 502 g/mol. The van der Waals surface area contributed by atoms with E-state index in [-0.39, 0.29) is 16.9 Å². The van der Waals surface area contributed by atoms with E-state index >= 15 is 0 Å². The number of aliphatic hydroxyl groups excluding tert-OH is 1. The summed E-state index contributed by atoms with van der Waals surface area (Å²) in [4.78, 5) is 31.6. The molecule has 1 atom stereocenters. The molecule has 1 amide bonds. The first-order valence-electron chi connectivity index (χ1n) is 11.2. The van der Waals surface area contributed by atoms with Crippen molar-refractivity contribution in [1.82, 2.24) is 4.98 Å². The Bertz CT molecular complexity index is 1550. The van der Waals surface area contributed by atoms with Gasteiger partial charge in [-0.15, -0.1) is 0 Å². The maximum Gasteiger partial charge on any atom is 0.300 e. The molecule has 4 aromatic rings. The van der Waals surface area contributed by atoms with Crippen LogP contribution < -0.4 is 14.4 Å². The average Bonchev–Trinajstić information content (AvgIpc) is 3.43. The van der Waals surface area contributed by atoms with E-state index in [2.05, 4.69) is 4.98 Å². The van der Waals surface area contributed by atoms with E-state index in [4.69, 9.17) is 21.1 Å². The average molecular weight is 503 g/mol. The second kappa shape index (κ2) is 9.09. The van der Waals surface area contributed by atoms with Crippen LogP contribution in [0.25, 0.3) is 16.7 Å². The van der Waals surface area contributed by atoms with E-state index in [1.807, 2.05) is 31.2 Å². The lowest BCUT2D eigenvalue weighted by Crippen LogP contribution is -2.29. The van der Waals surface area contributed by atoms with Crippen molar-refractivity contribution >= 4 is 45.6 Å². The van der Waals surface area contributed by atoms with Crippen LogP contribution in [0.4, 0.5) is 5.69 Å². The summed E-state index contributed by atoms with van der Waals surface area (Å²) in [7, 11) is 2.96. The fraction of sp³-hybridized carbons (Fsp3) is 0.143. The molecule has 7 nitrogen and oxygen atoms in total. The topological polar surface area (TPSA) is 91.9 Å². The summed E-state index contributed by atoms with van der Waals surface area (Å²) in [5, 5.41) is 12.8. The fourth-order valence-corrected chi connectivity index (χ4v) is 4.76. The van der Waals surface area contributed by atoms with E-state index < -0.39 is 17.7 Å². The number of carbonyl (C=O) groups is 2. The Morgan fingerprint density at radius 1 is 1.03 bits per heavy atom. The van der Waals surface area contributed by atoms with Gasteiger partial charge < -0.3 is 19.6 Å². The van der Waals surface area contributed by atoms with Gasteiger partial charge in [0.2, 0.25) is 0 Å². The molecule has 8 heteroatoms. The second-order valence-corrected chi connectivity index (χ2v) is 8.87. The van der Waals surface area contributed by atoms with Crippen LogP contribution in [-0.4, -0.2) is 36.0 Å². The van der Waals surface area contributed by atoms with Gasteiger partial charge >= 0.3 is 0 Å². The first-order valence-corrected chi connectivity index (χ1v) is 11.6. The number of methoxy groups -OCH3 is 2. The van der Waals surface area contributed by atoms with Gasteiger partial charge in [0.05, 0.1) is 31.4 Å². The number of rotatable bonds is 5. The van der Waals surface area contributed by atoms with Gasteiger partial charge in [0, 0.05) is 33.4 Å². The van der Waals surface area contributed by atoms with Gasteiger partial charge in [-0.2, -0.15) is 0 Å². The second-order valence-electron chi connectivity index (χ2n) is 8.46. The van der Waals surface area contributed by atoms with Crippen molar-refractivity contribution in [2.24, 2.45) is 0 Å². The highest BCUT2D eigenvalue weighted by Gasteiger charge is 2.48. The van der Waals surface area contributed by atoms with Crippen molar-refractivity contribution in [2.75, 3.05) is 19.1 Å². The number of halogens is 1. The number of carbonyl (C=O) groups excluding carboxylic acids is 2. The Hall–Kier alpha value is -4.23. The predicted octanol–water partition coefficient (Wildman–Crippen LogP) is 5.77. The molecule has 3 aromatic carbocycles. The molecule has 1 aromatic heterocycles. The Morgan fingerprint density at radius 2 is 1.81 bits per heavy atom. The molecule has 0 radical (unpaired) electrons. The number of amides is 1. The van der Waals surface area contributed by atoms with Crippen molar-refractivity contribution in [2.45, 2.75) is 13.0 Å². The zero-order valence-corrected chi connectivity index (χ0v) is 20.6. The Morgan fingerprint density at radius 3 is 2.53 bits per heavy atom. The zero-order chi connectivity index (χ0) is 25.6. The van der Waals surface area contributed by atoms with Gasteiger partial charge in [-0.25, -0.2) is 0 Å². The maximum atomic E-state index is 13.5. The minimum Gasteiger partial charge on any atom is -0.507 e. The zero-order valence-electron chi connectivity index (χ0n) is 19.8. The van der Waals surface area contributed by atoms with Crippen molar-refractivity contribution < 1.29 is 24.2 Å². The molecule has 182 valence electrons. The molecule has 0 aliphatic carbocycles. The summed E-state index contributed by atoms with van der Waals surface area (Å²) >= 11 is 6.39. The first-order chi connectivity index (χ1) is 17.3. The van der Waals surface area contributed by atoms with Gasteiger partial charge in [0.15, 0.2) is 0 Å². The molecule has 36 heavy (non-hydrogen) atoms. The van der Waals surface area contributed by atoms with Crippen LogP contribution in [0.2, 0.25) is 5.02 Å². The molecule has 1 fully saturated rings. The van der Waals surface area contributed by atoms with Crippen molar-refractivity contribution in [1.29, 1.82) is 0 Å². The summed E-state index contributed by atoms with van der Waals surface area (Å²) in [6.45, 7) is 1.85. The normalized spacial score (nSPS) is 17.1. The lowest BCUT2D eigenvalue weighted by molar-refractivity contribution is -0.132. The molecular formula is C28H23ClN2O5. The number of ether oxygens (including phenoxy) is 2.